The molecule has 0 fully saturated rings. The average molecular weight is 627 g/mol. The van der Waals surface area contributed by atoms with Crippen molar-refractivity contribution in [1.82, 2.24) is 4.57 Å². The molecule has 10 aromatic rings. The molecule has 49 heavy (non-hydrogen) atoms. The molecule has 3 nitrogen and oxygen atoms in total. The van der Waals surface area contributed by atoms with Crippen LogP contribution in [-0.4, -0.2) is 4.57 Å². The van der Waals surface area contributed by atoms with E-state index in [0.717, 1.165) is 50.2 Å². The predicted molar refractivity (Wildman–Crippen MR) is 206 cm³/mol. The first-order valence-electron chi connectivity index (χ1n) is 16.7. The molecule has 0 saturated heterocycles. The van der Waals surface area contributed by atoms with E-state index in [-0.39, 0.29) is 0 Å². The van der Waals surface area contributed by atoms with Gasteiger partial charge in [-0.25, -0.2) is 0 Å². The lowest BCUT2D eigenvalue weighted by Gasteiger charge is -2.25. The van der Waals surface area contributed by atoms with Crippen LogP contribution in [0.1, 0.15) is 0 Å². The fourth-order valence-corrected chi connectivity index (χ4v) is 7.53. The van der Waals surface area contributed by atoms with E-state index in [0.29, 0.717) is 0 Å². The highest BCUT2D eigenvalue weighted by atomic mass is 16.3. The minimum atomic E-state index is 0.854. The summed E-state index contributed by atoms with van der Waals surface area (Å²) in [5, 5.41) is 7.11. The molecule has 2 aromatic heterocycles. The second kappa shape index (κ2) is 11.0. The van der Waals surface area contributed by atoms with E-state index in [9.17, 15) is 0 Å². The van der Waals surface area contributed by atoms with E-state index in [1.807, 2.05) is 0 Å². The van der Waals surface area contributed by atoms with Crippen molar-refractivity contribution in [2.75, 3.05) is 4.90 Å². The fourth-order valence-electron chi connectivity index (χ4n) is 7.53. The summed E-state index contributed by atoms with van der Waals surface area (Å²) in [4.78, 5) is 2.29. The van der Waals surface area contributed by atoms with Gasteiger partial charge < -0.3 is 13.9 Å². The van der Waals surface area contributed by atoms with Gasteiger partial charge in [-0.1, -0.05) is 127 Å². The average Bonchev–Trinajstić information content (AvgIpc) is 3.72. The van der Waals surface area contributed by atoms with Crippen LogP contribution in [0.5, 0.6) is 0 Å². The molecule has 10 rings (SSSR count). The highest BCUT2D eigenvalue weighted by molar-refractivity contribution is 6.19. The molecule has 3 heteroatoms. The summed E-state index contributed by atoms with van der Waals surface area (Å²) in [6.45, 7) is 0. The van der Waals surface area contributed by atoms with Crippen LogP contribution in [0.25, 0.3) is 71.3 Å². The first-order valence-corrected chi connectivity index (χ1v) is 16.7. The van der Waals surface area contributed by atoms with Gasteiger partial charge in [0.15, 0.2) is 5.58 Å². The molecule has 0 N–H and O–H groups in total. The summed E-state index contributed by atoms with van der Waals surface area (Å²) < 4.78 is 9.30. The number of rotatable bonds is 5. The van der Waals surface area contributed by atoms with Crippen molar-refractivity contribution in [3.05, 3.63) is 182 Å². The van der Waals surface area contributed by atoms with Crippen LogP contribution in [-0.2, 0) is 0 Å². The predicted octanol–water partition coefficient (Wildman–Crippen LogP) is 13.0. The van der Waals surface area contributed by atoms with E-state index in [4.69, 9.17) is 4.42 Å². The number of furan rings is 1. The third kappa shape index (κ3) is 4.37. The SMILES string of the molecule is c1ccc(-c2ccc(N(c3ccccc3)c3ccc4c(c3)oc3c(-n5c6ccccc6c6ccc7ccccc7c65)cccc34)cc2)cc1. The van der Waals surface area contributed by atoms with Crippen LogP contribution < -0.4 is 4.90 Å². The van der Waals surface area contributed by atoms with Crippen LogP contribution in [0.15, 0.2) is 186 Å². The molecule has 8 aromatic carbocycles. The van der Waals surface area contributed by atoms with E-state index < -0.39 is 0 Å². The molecular weight excluding hydrogens is 597 g/mol. The van der Waals surface area contributed by atoms with Crippen LogP contribution in [0, 0.1) is 0 Å². The molecule has 0 unspecified atom stereocenters. The van der Waals surface area contributed by atoms with E-state index in [1.165, 1.54) is 38.2 Å². The van der Waals surface area contributed by atoms with Crippen molar-refractivity contribution in [3.63, 3.8) is 0 Å². The molecule has 0 bridgehead atoms. The van der Waals surface area contributed by atoms with Gasteiger partial charge in [0.2, 0.25) is 0 Å². The molecule has 230 valence electrons. The van der Waals surface area contributed by atoms with Crippen molar-refractivity contribution in [2.24, 2.45) is 0 Å². The van der Waals surface area contributed by atoms with Gasteiger partial charge in [-0.2, -0.15) is 0 Å². The first kappa shape index (κ1) is 27.5. The fraction of sp³-hybridized carbons (Fsp3) is 0. The maximum atomic E-state index is 6.91. The molecule has 0 atom stereocenters. The highest BCUT2D eigenvalue weighted by Gasteiger charge is 2.20. The Morgan fingerprint density at radius 2 is 1.04 bits per heavy atom. The molecule has 0 aliphatic rings. The minimum Gasteiger partial charge on any atom is -0.454 e. The molecule has 0 aliphatic carbocycles. The number of hydrogen-bond donors (Lipinski definition) is 0. The number of hydrogen-bond acceptors (Lipinski definition) is 2. The van der Waals surface area contributed by atoms with Crippen molar-refractivity contribution in [1.29, 1.82) is 0 Å². The quantitative estimate of drug-likeness (QED) is 0.190. The lowest BCUT2D eigenvalue weighted by Crippen LogP contribution is -2.09. The summed E-state index contributed by atoms with van der Waals surface area (Å²) >= 11 is 0. The van der Waals surface area contributed by atoms with Crippen molar-refractivity contribution in [3.8, 4) is 16.8 Å². The Kier molecular flexibility index (Phi) is 6.18. The smallest absolute Gasteiger partial charge is 0.159 e. The largest absolute Gasteiger partial charge is 0.454 e. The van der Waals surface area contributed by atoms with Crippen LogP contribution in [0.4, 0.5) is 17.1 Å². The van der Waals surface area contributed by atoms with E-state index in [1.54, 1.807) is 0 Å². The monoisotopic (exact) mass is 626 g/mol. The summed E-state index contributed by atoms with van der Waals surface area (Å²) in [5.74, 6) is 0. The van der Waals surface area contributed by atoms with Gasteiger partial charge in [-0.05, 0) is 65.0 Å². The molecule has 0 aliphatic heterocycles. The summed E-state index contributed by atoms with van der Waals surface area (Å²) in [5.41, 5.74) is 10.7. The Bertz CT molecular complexity index is 2810. The highest BCUT2D eigenvalue weighted by Crippen LogP contribution is 2.42. The van der Waals surface area contributed by atoms with Crippen molar-refractivity contribution >= 4 is 71.6 Å². The number of nitrogens with zero attached hydrogens (tertiary/aromatic N) is 2. The van der Waals surface area contributed by atoms with Gasteiger partial charge >= 0.3 is 0 Å². The number of aromatic nitrogens is 1. The van der Waals surface area contributed by atoms with Gasteiger partial charge in [0.1, 0.15) is 5.58 Å². The standard InChI is InChI=1S/C46H30N2O/c1-3-12-31(13-4-1)32-22-25-35(26-23-32)47(34-15-5-2-6-16-34)36-27-29-39-41-19-11-21-43(46(41)49-44(39)30-36)48-42-20-10-9-18-38(42)40-28-24-33-14-7-8-17-37(33)45(40)48/h1-30H. The molecule has 0 amide bonds. The van der Waals surface area contributed by atoms with Gasteiger partial charge in [0, 0.05) is 50.1 Å². The maximum Gasteiger partial charge on any atom is 0.159 e. The lowest BCUT2D eigenvalue weighted by atomic mass is 10.0. The van der Waals surface area contributed by atoms with Gasteiger partial charge in [-0.3, -0.25) is 0 Å². The van der Waals surface area contributed by atoms with Gasteiger partial charge in [-0.15, -0.1) is 0 Å². The van der Waals surface area contributed by atoms with E-state index >= 15 is 0 Å². The topological polar surface area (TPSA) is 21.3 Å². The zero-order valence-corrected chi connectivity index (χ0v) is 26.6. The van der Waals surface area contributed by atoms with Crippen LogP contribution in [0.2, 0.25) is 0 Å². The second-order valence-corrected chi connectivity index (χ2v) is 12.6. The van der Waals surface area contributed by atoms with Crippen molar-refractivity contribution in [2.45, 2.75) is 0 Å². The Labute approximate surface area is 283 Å². The Balaban J connectivity index is 1.17. The van der Waals surface area contributed by atoms with E-state index in [2.05, 4.69) is 191 Å². The molecule has 0 spiro atoms. The zero-order chi connectivity index (χ0) is 32.3. The first-order chi connectivity index (χ1) is 24.3. The summed E-state index contributed by atoms with van der Waals surface area (Å²) in [6.07, 6.45) is 0. The number of benzene rings is 8. The van der Waals surface area contributed by atoms with Crippen molar-refractivity contribution < 1.29 is 4.42 Å². The second-order valence-electron chi connectivity index (χ2n) is 12.6. The Morgan fingerprint density at radius 1 is 0.408 bits per heavy atom. The molecule has 0 radical (unpaired) electrons. The normalized spacial score (nSPS) is 11.7. The van der Waals surface area contributed by atoms with Crippen LogP contribution >= 0.6 is 0 Å². The Morgan fingerprint density at radius 3 is 1.88 bits per heavy atom. The third-order valence-corrected chi connectivity index (χ3v) is 9.77. The maximum absolute atomic E-state index is 6.91. The Hall–Kier alpha value is -6.58. The van der Waals surface area contributed by atoms with Gasteiger partial charge in [0.05, 0.1) is 16.7 Å². The molecule has 2 heterocycles. The number of fused-ring (bicyclic) bond motifs is 8. The number of anilines is 3. The van der Waals surface area contributed by atoms with Crippen LogP contribution in [0.3, 0.4) is 0 Å². The van der Waals surface area contributed by atoms with Gasteiger partial charge in [0.25, 0.3) is 0 Å². The number of para-hydroxylation sites is 3. The third-order valence-electron chi connectivity index (χ3n) is 9.77. The summed E-state index contributed by atoms with van der Waals surface area (Å²) in [7, 11) is 0. The zero-order valence-electron chi connectivity index (χ0n) is 26.6. The molecule has 0 saturated carbocycles. The molecular formula is C46H30N2O. The summed E-state index contributed by atoms with van der Waals surface area (Å²) in [6, 6.07) is 64.7. The lowest BCUT2D eigenvalue weighted by molar-refractivity contribution is 0.666. The minimum absolute atomic E-state index is 0.854.